The molecule has 12 nitrogen and oxygen atoms in total. The summed E-state index contributed by atoms with van der Waals surface area (Å²) in [6.45, 7) is 13.5. The van der Waals surface area contributed by atoms with Gasteiger partial charge >= 0.3 is 18.2 Å². The number of nitrogens with zero attached hydrogens (tertiary/aromatic N) is 4. The molecule has 216 valence electrons. The molecule has 2 amide bonds. The van der Waals surface area contributed by atoms with Crippen LogP contribution in [0.5, 0.6) is 0 Å². The monoisotopic (exact) mass is 538 g/mol. The first kappa shape index (κ1) is 29.9. The summed E-state index contributed by atoms with van der Waals surface area (Å²) in [5, 5.41) is 10.7. The Labute approximate surface area is 226 Å². The largest absolute Gasteiger partial charge is 0.469 e. The van der Waals surface area contributed by atoms with Gasteiger partial charge in [-0.15, -0.1) is 0 Å². The first-order valence-corrected chi connectivity index (χ1v) is 13.8. The van der Waals surface area contributed by atoms with Crippen LogP contribution in [0.3, 0.4) is 0 Å². The van der Waals surface area contributed by atoms with E-state index in [2.05, 4.69) is 15.1 Å². The summed E-state index contributed by atoms with van der Waals surface area (Å²) in [5.74, 6) is 0.389. The molecule has 3 aliphatic heterocycles. The van der Waals surface area contributed by atoms with Crippen molar-refractivity contribution in [1.82, 2.24) is 24.9 Å². The molecule has 0 bridgehead atoms. The Morgan fingerprint density at radius 3 is 2.34 bits per heavy atom. The van der Waals surface area contributed by atoms with Gasteiger partial charge in [0.25, 0.3) is 0 Å². The van der Waals surface area contributed by atoms with E-state index < -0.39 is 11.7 Å². The van der Waals surface area contributed by atoms with E-state index in [1.165, 1.54) is 7.11 Å². The van der Waals surface area contributed by atoms with Crippen LogP contribution in [0.1, 0.15) is 52.9 Å². The Bertz CT molecular complexity index is 818. The van der Waals surface area contributed by atoms with Crippen LogP contribution in [0.15, 0.2) is 0 Å². The number of hydrogen-bond acceptors (Lipinski definition) is 9. The molecule has 38 heavy (non-hydrogen) atoms. The number of guanidine groups is 1. The molecule has 3 fully saturated rings. The Kier molecular flexibility index (Phi) is 11.0. The predicted molar refractivity (Wildman–Crippen MR) is 142 cm³/mol. The van der Waals surface area contributed by atoms with Gasteiger partial charge in [-0.2, -0.15) is 0 Å². The van der Waals surface area contributed by atoms with E-state index in [1.807, 2.05) is 9.80 Å². The zero-order chi connectivity index (χ0) is 27.7. The van der Waals surface area contributed by atoms with Gasteiger partial charge < -0.3 is 28.9 Å². The number of hydrogen-bond donors (Lipinski definition) is 2. The number of ether oxygens (including phenoxy) is 3. The molecule has 0 saturated carbocycles. The summed E-state index contributed by atoms with van der Waals surface area (Å²) in [5.41, 5.74) is -0.601. The standard InChI is InChI=1S/C26H46N6O6/c1-26(2,3)38-24(34)28-23(27)31-11-7-20(8-12-31)9-13-32-19-21(37-25(32)35)18-30-16-14-29(15-17-30)10-5-6-22(33)36-4/h20-21H,5-19H2,1-4H3,(H2,27,28,34). The van der Waals surface area contributed by atoms with Gasteiger partial charge in [0.15, 0.2) is 0 Å². The lowest BCUT2D eigenvalue weighted by molar-refractivity contribution is -0.140. The van der Waals surface area contributed by atoms with Gasteiger partial charge in [-0.25, -0.2) is 9.59 Å². The molecule has 12 heteroatoms. The number of alkyl carbamates (subject to hydrolysis) is 1. The van der Waals surface area contributed by atoms with Gasteiger partial charge in [-0.05, 0) is 58.9 Å². The average molecular weight is 539 g/mol. The summed E-state index contributed by atoms with van der Waals surface area (Å²) < 4.78 is 15.6. The van der Waals surface area contributed by atoms with E-state index in [0.717, 1.165) is 65.0 Å². The molecule has 3 aliphatic rings. The van der Waals surface area contributed by atoms with Gasteiger partial charge in [0, 0.05) is 58.8 Å². The van der Waals surface area contributed by atoms with Crippen LogP contribution in [0, 0.1) is 11.3 Å². The van der Waals surface area contributed by atoms with Crippen LogP contribution >= 0.6 is 0 Å². The second-order valence-corrected chi connectivity index (χ2v) is 11.5. The zero-order valence-corrected chi connectivity index (χ0v) is 23.5. The lowest BCUT2D eigenvalue weighted by Gasteiger charge is -2.35. The van der Waals surface area contributed by atoms with Crippen molar-refractivity contribution in [2.45, 2.75) is 64.6 Å². The van der Waals surface area contributed by atoms with Crippen LogP contribution in [-0.4, -0.2) is 128 Å². The molecule has 1 unspecified atom stereocenters. The number of esters is 1. The van der Waals surface area contributed by atoms with Gasteiger partial charge in [0.1, 0.15) is 11.7 Å². The number of rotatable bonds is 9. The van der Waals surface area contributed by atoms with Crippen molar-refractivity contribution < 1.29 is 28.6 Å². The number of cyclic esters (lactones) is 1. The third-order valence-electron chi connectivity index (χ3n) is 7.32. The van der Waals surface area contributed by atoms with Crippen molar-refractivity contribution in [1.29, 1.82) is 5.41 Å². The van der Waals surface area contributed by atoms with E-state index in [1.54, 1.807) is 20.8 Å². The maximum absolute atomic E-state index is 12.4. The highest BCUT2D eigenvalue weighted by Crippen LogP contribution is 2.23. The molecule has 0 aliphatic carbocycles. The predicted octanol–water partition coefficient (Wildman–Crippen LogP) is 1.94. The Morgan fingerprint density at radius 1 is 1.05 bits per heavy atom. The highest BCUT2D eigenvalue weighted by Gasteiger charge is 2.34. The van der Waals surface area contributed by atoms with Crippen molar-refractivity contribution in [3.05, 3.63) is 0 Å². The first-order valence-electron chi connectivity index (χ1n) is 13.8. The molecule has 0 aromatic heterocycles. The van der Waals surface area contributed by atoms with E-state index in [0.29, 0.717) is 38.5 Å². The third kappa shape index (κ3) is 9.94. The zero-order valence-electron chi connectivity index (χ0n) is 23.5. The molecule has 1 atom stereocenters. The quantitative estimate of drug-likeness (QED) is 0.196. The van der Waals surface area contributed by atoms with Gasteiger partial charge in [-0.3, -0.25) is 20.4 Å². The minimum absolute atomic E-state index is 0.0747. The van der Waals surface area contributed by atoms with Crippen LogP contribution in [0.2, 0.25) is 0 Å². The van der Waals surface area contributed by atoms with E-state index in [-0.39, 0.29) is 24.1 Å². The molecular weight excluding hydrogens is 492 g/mol. The van der Waals surface area contributed by atoms with E-state index >= 15 is 0 Å². The molecule has 3 saturated heterocycles. The molecule has 0 radical (unpaired) electrons. The first-order chi connectivity index (χ1) is 18.0. The number of likely N-dealkylation sites (tertiary alicyclic amines) is 1. The van der Waals surface area contributed by atoms with Crippen LogP contribution in [-0.2, 0) is 19.0 Å². The summed E-state index contributed by atoms with van der Waals surface area (Å²) in [6, 6.07) is 0. The summed E-state index contributed by atoms with van der Waals surface area (Å²) in [6.07, 6.45) is 3.07. The summed E-state index contributed by atoms with van der Waals surface area (Å²) >= 11 is 0. The van der Waals surface area contributed by atoms with Crippen molar-refractivity contribution in [3.63, 3.8) is 0 Å². The lowest BCUT2D eigenvalue weighted by atomic mass is 9.93. The van der Waals surface area contributed by atoms with E-state index in [4.69, 9.17) is 19.6 Å². The van der Waals surface area contributed by atoms with Crippen LogP contribution in [0.25, 0.3) is 0 Å². The normalized spacial score (nSPS) is 21.8. The molecule has 0 aromatic rings. The summed E-state index contributed by atoms with van der Waals surface area (Å²) in [7, 11) is 1.42. The number of amides is 2. The molecule has 0 aromatic carbocycles. The number of carbonyl (C=O) groups is 3. The number of piperidine rings is 1. The second-order valence-electron chi connectivity index (χ2n) is 11.5. The Morgan fingerprint density at radius 2 is 1.71 bits per heavy atom. The maximum Gasteiger partial charge on any atom is 0.414 e. The fourth-order valence-corrected chi connectivity index (χ4v) is 5.15. The lowest BCUT2D eigenvalue weighted by Crippen LogP contribution is -2.49. The van der Waals surface area contributed by atoms with Crippen LogP contribution in [0.4, 0.5) is 9.59 Å². The van der Waals surface area contributed by atoms with E-state index in [9.17, 15) is 14.4 Å². The highest BCUT2D eigenvalue weighted by atomic mass is 16.6. The molecule has 3 rings (SSSR count). The molecule has 0 spiro atoms. The fourth-order valence-electron chi connectivity index (χ4n) is 5.15. The molecular formula is C26H46N6O6. The van der Waals surface area contributed by atoms with Crippen molar-refractivity contribution in [2.24, 2.45) is 5.92 Å². The number of nitrogens with one attached hydrogen (secondary N) is 2. The van der Waals surface area contributed by atoms with Gasteiger partial charge in [-0.1, -0.05) is 0 Å². The Balaban J connectivity index is 1.28. The minimum atomic E-state index is -0.607. The molecule has 3 heterocycles. The topological polar surface area (TPSA) is 128 Å². The average Bonchev–Trinajstić information content (AvgIpc) is 3.21. The summed E-state index contributed by atoms with van der Waals surface area (Å²) in [4.78, 5) is 44.0. The highest BCUT2D eigenvalue weighted by molar-refractivity contribution is 5.92. The Hall–Kier alpha value is -2.60. The van der Waals surface area contributed by atoms with Crippen LogP contribution < -0.4 is 5.32 Å². The smallest absolute Gasteiger partial charge is 0.414 e. The van der Waals surface area contributed by atoms with Gasteiger partial charge in [0.05, 0.1) is 13.7 Å². The number of methoxy groups -OCH3 is 1. The van der Waals surface area contributed by atoms with Gasteiger partial charge in [0.2, 0.25) is 5.96 Å². The third-order valence-corrected chi connectivity index (χ3v) is 7.32. The van der Waals surface area contributed by atoms with Crippen molar-refractivity contribution >= 4 is 24.1 Å². The number of piperazine rings is 1. The maximum atomic E-state index is 12.4. The molecule has 2 N–H and O–H groups in total. The van der Waals surface area contributed by atoms with Crippen molar-refractivity contribution in [3.8, 4) is 0 Å². The fraction of sp³-hybridized carbons (Fsp3) is 0.846. The second kappa shape index (κ2) is 14.0. The SMILES string of the molecule is COC(=O)CCCN1CCN(CC2CN(CCC3CCN(C(=N)NC(=O)OC(C)(C)C)CC3)C(=O)O2)CC1. The minimum Gasteiger partial charge on any atom is -0.469 e. The van der Waals surface area contributed by atoms with Crippen molar-refractivity contribution in [2.75, 3.05) is 72.6 Å². The number of carbonyl (C=O) groups excluding carboxylic acids is 3.